The topological polar surface area (TPSA) is 66.8 Å². The van der Waals surface area contributed by atoms with Gasteiger partial charge in [0.1, 0.15) is 6.61 Å². The lowest BCUT2D eigenvalue weighted by atomic mass is 10.1. The van der Waals surface area contributed by atoms with Crippen molar-refractivity contribution >= 4 is 28.5 Å². The van der Waals surface area contributed by atoms with E-state index in [1.807, 2.05) is 31.2 Å². The van der Waals surface area contributed by atoms with Crippen LogP contribution in [-0.4, -0.2) is 28.5 Å². The summed E-state index contributed by atoms with van der Waals surface area (Å²) < 4.78 is 5.26. The third-order valence-electron chi connectivity index (χ3n) is 4.03. The number of aromatic hydroxyl groups is 2. The zero-order valence-corrected chi connectivity index (χ0v) is 16.8. The molecule has 0 heterocycles. The Morgan fingerprint density at radius 2 is 1.74 bits per heavy atom. The number of allylic oxidation sites excluding steroid dienone is 3. The van der Waals surface area contributed by atoms with Gasteiger partial charge in [-0.25, -0.2) is 0 Å². The van der Waals surface area contributed by atoms with E-state index in [-0.39, 0.29) is 23.2 Å². The minimum Gasteiger partial charge on any atom is -0.504 e. The number of fused-ring (bicyclic) bond motifs is 1. The number of hydrogen-bond acceptors (Lipinski definition) is 5. The van der Waals surface area contributed by atoms with Crippen LogP contribution in [0.5, 0.6) is 11.5 Å². The van der Waals surface area contributed by atoms with Crippen LogP contribution in [0.3, 0.4) is 0 Å². The summed E-state index contributed by atoms with van der Waals surface area (Å²) in [5.74, 6) is -0.339. The minimum absolute atomic E-state index is 0.143. The Kier molecular flexibility index (Phi) is 7.80. The molecule has 144 valence electrons. The maximum absolute atomic E-state index is 11.9. The van der Waals surface area contributed by atoms with Crippen LogP contribution in [0.2, 0.25) is 0 Å². The Balaban J connectivity index is 1.80. The van der Waals surface area contributed by atoms with Crippen molar-refractivity contribution in [3.63, 3.8) is 0 Å². The lowest BCUT2D eigenvalue weighted by Gasteiger charge is -2.06. The van der Waals surface area contributed by atoms with E-state index in [0.717, 1.165) is 28.5 Å². The second-order valence-corrected chi connectivity index (χ2v) is 7.74. The van der Waals surface area contributed by atoms with Crippen LogP contribution in [0.25, 0.3) is 10.8 Å². The molecule has 5 heteroatoms. The van der Waals surface area contributed by atoms with Crippen LogP contribution in [0.15, 0.2) is 58.5 Å². The molecule has 0 aromatic heterocycles. The molecule has 4 nitrogen and oxygen atoms in total. The molecule has 0 aliphatic rings. The predicted molar refractivity (Wildman–Crippen MR) is 111 cm³/mol. The van der Waals surface area contributed by atoms with Gasteiger partial charge < -0.3 is 14.9 Å². The number of ether oxygens (including phenoxy) is 1. The van der Waals surface area contributed by atoms with Crippen LogP contribution in [0.4, 0.5) is 0 Å². The molecule has 0 saturated carbocycles. The number of carbonyl (C=O) groups is 1. The minimum atomic E-state index is -0.262. The average molecular weight is 387 g/mol. The van der Waals surface area contributed by atoms with Crippen molar-refractivity contribution < 1.29 is 19.7 Å². The summed E-state index contributed by atoms with van der Waals surface area (Å²) in [6.45, 7) is 6.51. The van der Waals surface area contributed by atoms with Crippen LogP contribution in [0, 0.1) is 0 Å². The van der Waals surface area contributed by atoms with Gasteiger partial charge in [0.25, 0.3) is 0 Å². The fourth-order valence-corrected chi connectivity index (χ4v) is 3.24. The molecule has 2 rings (SSSR count). The zero-order chi connectivity index (χ0) is 19.8. The van der Waals surface area contributed by atoms with E-state index in [9.17, 15) is 15.0 Å². The lowest BCUT2D eigenvalue weighted by Crippen LogP contribution is -2.07. The summed E-state index contributed by atoms with van der Waals surface area (Å²) in [6.07, 6.45) is 6.12. The number of hydrogen-bond donors (Lipinski definition) is 2. The highest BCUT2D eigenvalue weighted by Gasteiger charge is 2.06. The maximum atomic E-state index is 11.9. The molecule has 0 aliphatic carbocycles. The molecule has 0 unspecified atom stereocenters. The number of thioether (sulfide) groups is 1. The van der Waals surface area contributed by atoms with Crippen molar-refractivity contribution in [1.82, 2.24) is 0 Å². The standard InChI is InChI=1S/C22H26O4S/c1-15(2)5-4-6-16(3)9-10-26-22(25)14-27-19-8-7-17-12-20(23)21(24)13-18(17)11-19/h5,7-9,11-13,23-24H,4,6,10,14H2,1-3H3/b16-9+. The van der Waals surface area contributed by atoms with Gasteiger partial charge in [-0.15, -0.1) is 11.8 Å². The summed E-state index contributed by atoms with van der Waals surface area (Å²) in [7, 11) is 0. The molecule has 0 aliphatic heterocycles. The number of rotatable bonds is 8. The molecule has 27 heavy (non-hydrogen) atoms. The number of esters is 1. The van der Waals surface area contributed by atoms with Gasteiger partial charge in [0.05, 0.1) is 5.75 Å². The molecular formula is C22H26O4S. The van der Waals surface area contributed by atoms with Crippen LogP contribution in [0.1, 0.15) is 33.6 Å². The van der Waals surface area contributed by atoms with Crippen molar-refractivity contribution in [2.24, 2.45) is 0 Å². The van der Waals surface area contributed by atoms with Gasteiger partial charge in [-0.2, -0.15) is 0 Å². The van der Waals surface area contributed by atoms with Crippen LogP contribution in [-0.2, 0) is 9.53 Å². The fourth-order valence-electron chi connectivity index (χ4n) is 2.49. The molecule has 0 bridgehead atoms. The van der Waals surface area contributed by atoms with Crippen molar-refractivity contribution in [2.75, 3.05) is 12.4 Å². The first kappa shape index (κ1) is 20.9. The Bertz CT molecular complexity index is 864. The Morgan fingerprint density at radius 3 is 2.44 bits per heavy atom. The van der Waals surface area contributed by atoms with E-state index in [0.29, 0.717) is 6.61 Å². The molecule has 2 N–H and O–H groups in total. The molecule has 0 amide bonds. The Labute approximate surface area is 164 Å². The summed E-state index contributed by atoms with van der Waals surface area (Å²) >= 11 is 1.38. The normalized spacial score (nSPS) is 11.4. The first-order valence-corrected chi connectivity index (χ1v) is 9.87. The van der Waals surface area contributed by atoms with E-state index in [2.05, 4.69) is 19.9 Å². The molecule has 0 radical (unpaired) electrons. The van der Waals surface area contributed by atoms with Gasteiger partial charge in [-0.3, -0.25) is 4.79 Å². The van der Waals surface area contributed by atoms with Crippen LogP contribution < -0.4 is 0 Å². The zero-order valence-electron chi connectivity index (χ0n) is 16.0. The maximum Gasteiger partial charge on any atom is 0.316 e. The van der Waals surface area contributed by atoms with Gasteiger partial charge in [0, 0.05) is 4.90 Å². The highest BCUT2D eigenvalue weighted by atomic mass is 32.2. The summed E-state index contributed by atoms with van der Waals surface area (Å²) in [4.78, 5) is 12.8. The van der Waals surface area contributed by atoms with E-state index in [1.165, 1.54) is 35.0 Å². The predicted octanol–water partition coefficient (Wildman–Crippen LogP) is 5.58. The van der Waals surface area contributed by atoms with Gasteiger partial charge >= 0.3 is 5.97 Å². The number of carbonyl (C=O) groups excluding carboxylic acids is 1. The van der Waals surface area contributed by atoms with Gasteiger partial charge in [-0.05, 0) is 74.7 Å². The highest BCUT2D eigenvalue weighted by molar-refractivity contribution is 8.00. The van der Waals surface area contributed by atoms with Crippen molar-refractivity contribution in [3.8, 4) is 11.5 Å². The molecule has 0 saturated heterocycles. The lowest BCUT2D eigenvalue weighted by molar-refractivity contribution is -0.139. The molecule has 0 spiro atoms. The number of phenolic OH excluding ortho intramolecular Hbond substituents is 2. The second-order valence-electron chi connectivity index (χ2n) is 6.69. The summed E-state index contributed by atoms with van der Waals surface area (Å²) in [6, 6.07) is 8.63. The van der Waals surface area contributed by atoms with E-state index >= 15 is 0 Å². The largest absolute Gasteiger partial charge is 0.504 e. The van der Waals surface area contributed by atoms with Crippen molar-refractivity contribution in [3.05, 3.63) is 53.6 Å². The van der Waals surface area contributed by atoms with Gasteiger partial charge in [0.15, 0.2) is 11.5 Å². The monoisotopic (exact) mass is 386 g/mol. The van der Waals surface area contributed by atoms with Gasteiger partial charge in [-0.1, -0.05) is 23.3 Å². The first-order valence-electron chi connectivity index (χ1n) is 8.88. The molecule has 0 fully saturated rings. The first-order chi connectivity index (χ1) is 12.8. The number of benzene rings is 2. The SMILES string of the molecule is CC(C)=CCC/C(C)=C/COC(=O)CSc1ccc2cc(O)c(O)cc2c1. The molecule has 0 atom stereocenters. The van der Waals surface area contributed by atoms with E-state index in [4.69, 9.17) is 4.74 Å². The third-order valence-corrected chi connectivity index (χ3v) is 5.00. The second kappa shape index (κ2) is 10.1. The third kappa shape index (κ3) is 7.02. The van der Waals surface area contributed by atoms with E-state index < -0.39 is 0 Å². The molecular weight excluding hydrogens is 360 g/mol. The Hall–Kier alpha value is -2.40. The molecule has 2 aromatic rings. The van der Waals surface area contributed by atoms with Gasteiger partial charge in [0.2, 0.25) is 0 Å². The van der Waals surface area contributed by atoms with Crippen molar-refractivity contribution in [2.45, 2.75) is 38.5 Å². The highest BCUT2D eigenvalue weighted by Crippen LogP contribution is 2.32. The number of phenols is 2. The summed E-state index contributed by atoms with van der Waals surface area (Å²) in [5.41, 5.74) is 2.53. The molecule has 2 aromatic carbocycles. The summed E-state index contributed by atoms with van der Waals surface area (Å²) in [5, 5.41) is 20.8. The Morgan fingerprint density at radius 1 is 1.04 bits per heavy atom. The quantitative estimate of drug-likeness (QED) is 0.268. The smallest absolute Gasteiger partial charge is 0.316 e. The van der Waals surface area contributed by atoms with Crippen molar-refractivity contribution in [1.29, 1.82) is 0 Å². The fraction of sp³-hybridized carbons (Fsp3) is 0.318. The van der Waals surface area contributed by atoms with E-state index in [1.54, 1.807) is 0 Å². The average Bonchev–Trinajstić information content (AvgIpc) is 2.60. The van der Waals surface area contributed by atoms with Crippen LogP contribution >= 0.6 is 11.8 Å².